The van der Waals surface area contributed by atoms with Gasteiger partial charge in [-0.25, -0.2) is 0 Å². The van der Waals surface area contributed by atoms with Gasteiger partial charge in [0.15, 0.2) is 0 Å². The first-order valence-electron chi connectivity index (χ1n) is 11.8. The van der Waals surface area contributed by atoms with Gasteiger partial charge >= 0.3 is 6.18 Å². The zero-order chi connectivity index (χ0) is 24.7. The number of aryl methyl sites for hydroxylation is 1. The normalized spacial score (nSPS) is 23.9. The fraction of sp³-hybridized carbons (Fsp3) is 0.500. The zero-order valence-electron chi connectivity index (χ0n) is 19.5. The minimum atomic E-state index is -4.50. The van der Waals surface area contributed by atoms with Gasteiger partial charge in [0.1, 0.15) is 11.6 Å². The molecular formula is C24H26F3N7O. The third-order valence-electron chi connectivity index (χ3n) is 7.83. The first-order chi connectivity index (χ1) is 16.5. The van der Waals surface area contributed by atoms with Gasteiger partial charge in [-0.2, -0.15) is 18.2 Å². The van der Waals surface area contributed by atoms with Crippen molar-refractivity contribution in [3.05, 3.63) is 46.4 Å². The van der Waals surface area contributed by atoms with Crippen LogP contribution in [0.3, 0.4) is 0 Å². The molecule has 35 heavy (non-hydrogen) atoms. The highest BCUT2D eigenvalue weighted by molar-refractivity contribution is 5.86. The van der Waals surface area contributed by atoms with Gasteiger partial charge in [-0.3, -0.25) is 9.20 Å². The minimum absolute atomic E-state index is 0.0392. The van der Waals surface area contributed by atoms with Crippen molar-refractivity contribution in [3.63, 3.8) is 0 Å². The summed E-state index contributed by atoms with van der Waals surface area (Å²) < 4.78 is 41.9. The van der Waals surface area contributed by atoms with Crippen LogP contribution in [0.1, 0.15) is 60.4 Å². The molecule has 1 amide bonds. The molecule has 2 bridgehead atoms. The van der Waals surface area contributed by atoms with E-state index in [-0.39, 0.29) is 17.0 Å². The number of carbonyl (C=O) groups excluding carboxylic acids is 1. The number of nitrogens with one attached hydrogen (secondary N) is 1. The van der Waals surface area contributed by atoms with Crippen LogP contribution in [-0.4, -0.2) is 36.9 Å². The summed E-state index contributed by atoms with van der Waals surface area (Å²) in [5, 5.41) is 11.6. The molecule has 3 fully saturated rings. The van der Waals surface area contributed by atoms with E-state index in [0.717, 1.165) is 42.7 Å². The molecule has 1 aromatic carbocycles. The van der Waals surface area contributed by atoms with Gasteiger partial charge in [-0.1, -0.05) is 0 Å². The number of halogens is 3. The van der Waals surface area contributed by atoms with Crippen molar-refractivity contribution in [3.8, 4) is 0 Å². The molecule has 3 saturated carbocycles. The van der Waals surface area contributed by atoms with Crippen molar-refractivity contribution in [1.82, 2.24) is 24.5 Å². The average Bonchev–Trinajstić information content (AvgIpc) is 3.10. The average molecular weight is 486 g/mol. The number of amides is 1. The van der Waals surface area contributed by atoms with Crippen LogP contribution < -0.4 is 11.1 Å². The molecule has 0 saturated heterocycles. The molecule has 4 aliphatic rings. The van der Waals surface area contributed by atoms with Gasteiger partial charge in [0.2, 0.25) is 5.91 Å². The fourth-order valence-corrected chi connectivity index (χ4v) is 5.87. The molecule has 8 nitrogen and oxygen atoms in total. The molecular weight excluding hydrogens is 459 g/mol. The van der Waals surface area contributed by atoms with Crippen LogP contribution in [0.2, 0.25) is 0 Å². The van der Waals surface area contributed by atoms with E-state index in [1.807, 2.05) is 16.2 Å². The highest BCUT2D eigenvalue weighted by Gasteiger charge is 2.62. The van der Waals surface area contributed by atoms with E-state index in [4.69, 9.17) is 5.73 Å². The number of alkyl halides is 3. The van der Waals surface area contributed by atoms with Gasteiger partial charge in [-0.15, -0.1) is 10.2 Å². The second-order valence-corrected chi connectivity index (χ2v) is 10.3. The molecule has 1 atom stereocenters. The summed E-state index contributed by atoms with van der Waals surface area (Å²) in [6.45, 7) is 4.60. The van der Waals surface area contributed by atoms with Gasteiger partial charge in [0.25, 0.3) is 5.78 Å². The molecule has 3 aliphatic carbocycles. The van der Waals surface area contributed by atoms with Crippen molar-refractivity contribution >= 4 is 23.2 Å². The number of benzene rings is 1. The zero-order valence-corrected chi connectivity index (χ0v) is 19.5. The second kappa shape index (κ2) is 7.32. The summed E-state index contributed by atoms with van der Waals surface area (Å²) >= 11 is 0. The maximum Gasteiger partial charge on any atom is 0.416 e. The third-order valence-corrected chi connectivity index (χ3v) is 7.83. The second-order valence-electron chi connectivity index (χ2n) is 10.3. The number of fused-ring (bicyclic) bond motifs is 3. The Hall–Kier alpha value is -3.37. The summed E-state index contributed by atoms with van der Waals surface area (Å²) in [7, 11) is 0. The molecule has 3 heterocycles. The highest BCUT2D eigenvalue weighted by Crippen LogP contribution is 2.65. The molecule has 0 spiro atoms. The predicted octanol–water partition coefficient (Wildman–Crippen LogP) is 3.89. The van der Waals surface area contributed by atoms with E-state index < -0.39 is 17.8 Å². The van der Waals surface area contributed by atoms with Crippen LogP contribution in [0.5, 0.6) is 0 Å². The number of carbonyl (C=O) groups is 1. The molecule has 1 unspecified atom stereocenters. The summed E-state index contributed by atoms with van der Waals surface area (Å²) in [5.74, 6) is 2.52. The van der Waals surface area contributed by atoms with Gasteiger partial charge in [-0.05, 0) is 62.8 Å². The molecule has 2 aromatic heterocycles. The fourth-order valence-electron chi connectivity index (χ4n) is 5.87. The first kappa shape index (κ1) is 22.1. The Morgan fingerprint density at radius 1 is 1.23 bits per heavy atom. The SMILES string of the molecule is Cc1nnc2nc(NC(C)c3cc(N)cc(C(F)(F)F)c3)c3c(n12)CCN(C(=O)C12CC(C1)C2)C3. The van der Waals surface area contributed by atoms with E-state index in [9.17, 15) is 18.0 Å². The molecule has 3 aromatic rings. The Labute approximate surface area is 199 Å². The predicted molar refractivity (Wildman–Crippen MR) is 122 cm³/mol. The topological polar surface area (TPSA) is 101 Å². The Balaban J connectivity index is 1.36. The lowest BCUT2D eigenvalue weighted by Gasteiger charge is -2.61. The molecule has 3 N–H and O–H groups in total. The van der Waals surface area contributed by atoms with E-state index in [1.165, 1.54) is 6.07 Å². The van der Waals surface area contributed by atoms with E-state index in [1.54, 1.807) is 6.92 Å². The largest absolute Gasteiger partial charge is 0.416 e. The molecule has 184 valence electrons. The maximum atomic E-state index is 13.3. The molecule has 11 heteroatoms. The van der Waals surface area contributed by atoms with Gasteiger partial charge in [0.05, 0.1) is 23.6 Å². The lowest BCUT2D eigenvalue weighted by Crippen LogP contribution is -2.61. The van der Waals surface area contributed by atoms with E-state index >= 15 is 0 Å². The quantitative estimate of drug-likeness (QED) is 0.544. The number of nitrogen functional groups attached to an aromatic ring is 1. The Bertz CT molecular complexity index is 1350. The van der Waals surface area contributed by atoms with Crippen molar-refractivity contribution in [2.75, 3.05) is 17.6 Å². The van der Waals surface area contributed by atoms with Crippen LogP contribution >= 0.6 is 0 Å². The van der Waals surface area contributed by atoms with Crippen molar-refractivity contribution in [1.29, 1.82) is 0 Å². The molecule has 7 rings (SSSR count). The number of nitrogens with zero attached hydrogens (tertiary/aromatic N) is 5. The maximum absolute atomic E-state index is 13.3. The van der Waals surface area contributed by atoms with Crippen LogP contribution in [0, 0.1) is 18.3 Å². The van der Waals surface area contributed by atoms with E-state index in [0.29, 0.717) is 48.4 Å². The van der Waals surface area contributed by atoms with Gasteiger partial charge in [0, 0.05) is 29.9 Å². The number of rotatable bonds is 4. The minimum Gasteiger partial charge on any atom is -0.399 e. The van der Waals surface area contributed by atoms with Crippen molar-refractivity contribution in [2.24, 2.45) is 11.3 Å². The Morgan fingerprint density at radius 3 is 2.63 bits per heavy atom. The monoisotopic (exact) mass is 485 g/mol. The molecule has 0 radical (unpaired) electrons. The van der Waals surface area contributed by atoms with Crippen LogP contribution in [0.4, 0.5) is 24.7 Å². The van der Waals surface area contributed by atoms with Crippen molar-refractivity contribution < 1.29 is 18.0 Å². The third kappa shape index (κ3) is 3.42. The number of hydrogen-bond acceptors (Lipinski definition) is 6. The Morgan fingerprint density at radius 2 is 1.97 bits per heavy atom. The molecule has 1 aliphatic heterocycles. The number of hydrogen-bond donors (Lipinski definition) is 2. The number of nitrogens with two attached hydrogens (primary N) is 1. The van der Waals surface area contributed by atoms with E-state index in [2.05, 4.69) is 20.5 Å². The Kier molecular flexibility index (Phi) is 4.62. The van der Waals surface area contributed by atoms with Crippen LogP contribution in [-0.2, 0) is 23.9 Å². The summed E-state index contributed by atoms with van der Waals surface area (Å²) in [6, 6.07) is 3.03. The van der Waals surface area contributed by atoms with Crippen molar-refractivity contribution in [2.45, 2.75) is 58.3 Å². The first-order valence-corrected chi connectivity index (χ1v) is 11.8. The summed E-state index contributed by atoms with van der Waals surface area (Å²) in [5.41, 5.74) is 7.05. The standard InChI is InChI=1S/C24H26F3N7O/c1-12(15-5-16(24(25,26)27)7-17(28)6-15)29-20-18-11-33(21(35)23-8-14(9-23)10-23)4-3-19(18)34-13(2)31-32-22(34)30-20/h5-7,12,14H,3-4,8-11,28H2,1-2H3,(H,29,30,32). The highest BCUT2D eigenvalue weighted by atomic mass is 19.4. The smallest absolute Gasteiger partial charge is 0.399 e. The van der Waals surface area contributed by atoms with Crippen LogP contribution in [0.15, 0.2) is 18.2 Å². The summed E-state index contributed by atoms with van der Waals surface area (Å²) in [4.78, 5) is 19.8. The van der Waals surface area contributed by atoms with Crippen LogP contribution in [0.25, 0.3) is 5.78 Å². The van der Waals surface area contributed by atoms with Gasteiger partial charge < -0.3 is 16.0 Å². The summed E-state index contributed by atoms with van der Waals surface area (Å²) in [6.07, 6.45) is -0.929. The number of aromatic nitrogens is 4. The number of anilines is 2. The lowest BCUT2D eigenvalue weighted by atomic mass is 9.44. The lowest BCUT2D eigenvalue weighted by molar-refractivity contribution is -0.177.